The quantitative estimate of drug-likeness (QED) is 0.154. The Balaban J connectivity index is 2.06. The molecular weight excluding hydrogens is 460 g/mol. The second-order valence-electron chi connectivity index (χ2n) is 7.16. The summed E-state index contributed by atoms with van der Waals surface area (Å²) < 4.78 is 4.79. The van der Waals surface area contributed by atoms with E-state index < -0.39 is 34.8 Å². The monoisotopic (exact) mass is 484 g/mol. The van der Waals surface area contributed by atoms with E-state index in [1.165, 1.54) is 54.6 Å². The van der Waals surface area contributed by atoms with Gasteiger partial charge in [0, 0.05) is 29.9 Å². The molecule has 0 aliphatic rings. The molecule has 0 bridgehead atoms. The van der Waals surface area contributed by atoms with Crippen molar-refractivity contribution in [3.63, 3.8) is 0 Å². The summed E-state index contributed by atoms with van der Waals surface area (Å²) in [6.45, 7) is 3.64. The normalized spacial score (nSPS) is 11.0. The molecule has 2 rings (SSSR count). The molecule has 12 heteroatoms. The second kappa shape index (κ2) is 13.1. The number of nitrogens with zero attached hydrogens (tertiary/aromatic N) is 1. The van der Waals surface area contributed by atoms with Crippen LogP contribution in [0.1, 0.15) is 33.6 Å². The van der Waals surface area contributed by atoms with Gasteiger partial charge in [0.25, 0.3) is 11.6 Å². The van der Waals surface area contributed by atoms with Crippen molar-refractivity contribution in [2.24, 2.45) is 0 Å². The van der Waals surface area contributed by atoms with Crippen LogP contribution in [0.5, 0.6) is 0 Å². The molecular formula is C23H24N4O8. The molecule has 0 saturated heterocycles. The van der Waals surface area contributed by atoms with Crippen LogP contribution >= 0.6 is 0 Å². The third-order valence-electron chi connectivity index (χ3n) is 4.63. The molecule has 0 radical (unpaired) electrons. The van der Waals surface area contributed by atoms with Crippen molar-refractivity contribution < 1.29 is 33.9 Å². The minimum absolute atomic E-state index is 0.0421. The first kappa shape index (κ1) is 26.5. The van der Waals surface area contributed by atoms with Gasteiger partial charge in [-0.25, -0.2) is 9.59 Å². The summed E-state index contributed by atoms with van der Waals surface area (Å²) in [7, 11) is 0. The summed E-state index contributed by atoms with van der Waals surface area (Å²) in [5, 5.41) is 27.5. The maximum Gasteiger partial charge on any atom is 0.407 e. The van der Waals surface area contributed by atoms with Crippen molar-refractivity contribution in [1.29, 1.82) is 0 Å². The minimum atomic E-state index is -1.12. The first-order chi connectivity index (χ1) is 16.7. The molecule has 0 fully saturated rings. The Morgan fingerprint density at radius 1 is 1.06 bits per heavy atom. The number of aromatic carboxylic acids is 1. The zero-order valence-electron chi connectivity index (χ0n) is 18.6. The van der Waals surface area contributed by atoms with Crippen molar-refractivity contribution in [1.82, 2.24) is 10.6 Å². The van der Waals surface area contributed by atoms with Gasteiger partial charge in [0.1, 0.15) is 12.6 Å². The lowest BCUT2D eigenvalue weighted by atomic mass is 10.1. The van der Waals surface area contributed by atoms with Crippen LogP contribution in [-0.4, -0.2) is 53.1 Å². The molecule has 2 aromatic carbocycles. The van der Waals surface area contributed by atoms with Gasteiger partial charge in [-0.05, 0) is 49.2 Å². The first-order valence-corrected chi connectivity index (χ1v) is 10.4. The van der Waals surface area contributed by atoms with Gasteiger partial charge >= 0.3 is 12.1 Å². The number of carboxylic acids is 1. The summed E-state index contributed by atoms with van der Waals surface area (Å²) in [5.74, 6) is -2.31. The number of hydrogen-bond acceptors (Lipinski definition) is 7. The van der Waals surface area contributed by atoms with Crippen molar-refractivity contribution in [2.75, 3.05) is 18.5 Å². The number of carbonyl (C=O) groups is 4. The summed E-state index contributed by atoms with van der Waals surface area (Å²) in [6.07, 6.45) is 1.20. The maximum absolute atomic E-state index is 12.9. The van der Waals surface area contributed by atoms with Gasteiger partial charge in [-0.2, -0.15) is 0 Å². The molecule has 0 unspecified atom stereocenters. The average molecular weight is 484 g/mol. The SMILES string of the molecule is C=CCOC(=O)NCCC[C@H](NC(=O)c1ccc([N+](=O)[O-])cc1)C(=O)Nc1ccc(C(=O)O)cc1. The van der Waals surface area contributed by atoms with E-state index in [0.717, 1.165) is 0 Å². The van der Waals surface area contributed by atoms with Crippen molar-refractivity contribution in [3.05, 3.63) is 82.4 Å². The number of amides is 3. The van der Waals surface area contributed by atoms with Gasteiger partial charge in [-0.15, -0.1) is 0 Å². The van der Waals surface area contributed by atoms with E-state index in [4.69, 9.17) is 9.84 Å². The Kier molecular flexibility index (Phi) is 9.91. The van der Waals surface area contributed by atoms with Gasteiger partial charge in [-0.1, -0.05) is 12.7 Å². The number of carbonyl (C=O) groups excluding carboxylic acids is 3. The fraction of sp³-hybridized carbons (Fsp3) is 0.217. The third kappa shape index (κ3) is 8.61. The van der Waals surface area contributed by atoms with Gasteiger partial charge in [0.15, 0.2) is 0 Å². The fourth-order valence-electron chi connectivity index (χ4n) is 2.85. The van der Waals surface area contributed by atoms with Gasteiger partial charge in [0.2, 0.25) is 5.91 Å². The number of nitro benzene ring substituents is 1. The number of ether oxygens (including phenoxy) is 1. The van der Waals surface area contributed by atoms with E-state index in [0.29, 0.717) is 12.1 Å². The van der Waals surface area contributed by atoms with Crippen LogP contribution in [0.4, 0.5) is 16.2 Å². The predicted molar refractivity (Wildman–Crippen MR) is 125 cm³/mol. The van der Waals surface area contributed by atoms with Crippen LogP contribution in [0.15, 0.2) is 61.2 Å². The standard InChI is InChI=1S/C23H24N4O8/c1-2-14-35-23(32)24-13-3-4-19(21(29)25-17-9-5-16(6-10-17)22(30)31)26-20(28)15-7-11-18(12-8-15)27(33)34/h2,5-12,19H,1,3-4,13-14H2,(H,24,32)(H,25,29)(H,26,28)(H,30,31)/t19-/m0/s1. The number of nitro groups is 1. The molecule has 12 nitrogen and oxygen atoms in total. The summed E-state index contributed by atoms with van der Waals surface area (Å²) >= 11 is 0. The molecule has 2 aromatic rings. The highest BCUT2D eigenvalue weighted by Crippen LogP contribution is 2.14. The molecule has 0 saturated carbocycles. The van der Waals surface area contributed by atoms with Crippen molar-refractivity contribution >= 4 is 35.3 Å². The zero-order valence-corrected chi connectivity index (χ0v) is 18.6. The average Bonchev–Trinajstić information content (AvgIpc) is 2.84. The molecule has 0 aliphatic carbocycles. The molecule has 184 valence electrons. The Morgan fingerprint density at radius 3 is 2.26 bits per heavy atom. The number of rotatable bonds is 12. The zero-order chi connectivity index (χ0) is 25.8. The lowest BCUT2D eigenvalue weighted by molar-refractivity contribution is -0.384. The van der Waals surface area contributed by atoms with Gasteiger partial charge in [-0.3, -0.25) is 19.7 Å². The van der Waals surface area contributed by atoms with Gasteiger partial charge in [0.05, 0.1) is 10.5 Å². The topological polar surface area (TPSA) is 177 Å². The van der Waals surface area contributed by atoms with Gasteiger partial charge < -0.3 is 25.8 Å². The molecule has 35 heavy (non-hydrogen) atoms. The Labute approximate surface area is 200 Å². The Bertz CT molecular complexity index is 1080. The lowest BCUT2D eigenvalue weighted by Gasteiger charge is -2.19. The van der Waals surface area contributed by atoms with E-state index in [-0.39, 0.29) is 36.4 Å². The molecule has 4 N–H and O–H groups in total. The van der Waals surface area contributed by atoms with Crippen molar-refractivity contribution in [2.45, 2.75) is 18.9 Å². The second-order valence-corrected chi connectivity index (χ2v) is 7.16. The largest absolute Gasteiger partial charge is 0.478 e. The van der Waals surface area contributed by atoms with E-state index in [2.05, 4.69) is 22.5 Å². The summed E-state index contributed by atoms with van der Waals surface area (Å²) in [5.41, 5.74) is 0.293. The van der Waals surface area contributed by atoms with Crippen LogP contribution in [0.2, 0.25) is 0 Å². The highest BCUT2D eigenvalue weighted by Gasteiger charge is 2.22. The summed E-state index contributed by atoms with van der Waals surface area (Å²) in [6, 6.07) is 9.32. The molecule has 0 aromatic heterocycles. The Hall–Kier alpha value is -4.74. The van der Waals surface area contributed by atoms with E-state index >= 15 is 0 Å². The van der Waals surface area contributed by atoms with Crippen LogP contribution in [0.25, 0.3) is 0 Å². The maximum atomic E-state index is 12.9. The molecule has 0 heterocycles. The number of alkyl carbamates (subject to hydrolysis) is 1. The lowest BCUT2D eigenvalue weighted by Crippen LogP contribution is -2.44. The first-order valence-electron chi connectivity index (χ1n) is 10.4. The van der Waals surface area contributed by atoms with E-state index in [1.54, 1.807) is 0 Å². The molecule has 1 atom stereocenters. The molecule has 3 amide bonds. The van der Waals surface area contributed by atoms with E-state index in [1.807, 2.05) is 0 Å². The van der Waals surface area contributed by atoms with Crippen LogP contribution in [0, 0.1) is 10.1 Å². The minimum Gasteiger partial charge on any atom is -0.478 e. The van der Waals surface area contributed by atoms with Crippen LogP contribution in [-0.2, 0) is 9.53 Å². The number of carboxylic acid groups (broad SMARTS) is 1. The highest BCUT2D eigenvalue weighted by molar-refractivity contribution is 6.01. The fourth-order valence-corrected chi connectivity index (χ4v) is 2.85. The number of anilines is 1. The number of hydrogen-bond donors (Lipinski definition) is 4. The predicted octanol–water partition coefficient (Wildman–Crippen LogP) is 2.72. The van der Waals surface area contributed by atoms with Crippen molar-refractivity contribution in [3.8, 4) is 0 Å². The van der Waals surface area contributed by atoms with Crippen LogP contribution in [0.3, 0.4) is 0 Å². The number of benzene rings is 2. The van der Waals surface area contributed by atoms with E-state index in [9.17, 15) is 29.3 Å². The number of non-ortho nitro benzene ring substituents is 1. The number of nitrogens with one attached hydrogen (secondary N) is 3. The van der Waals surface area contributed by atoms with Crippen LogP contribution < -0.4 is 16.0 Å². The Morgan fingerprint density at radius 2 is 1.69 bits per heavy atom. The highest BCUT2D eigenvalue weighted by atomic mass is 16.6. The summed E-state index contributed by atoms with van der Waals surface area (Å²) in [4.78, 5) is 58.2. The molecule has 0 aliphatic heterocycles. The molecule has 0 spiro atoms. The smallest absolute Gasteiger partial charge is 0.407 e. The third-order valence-corrected chi connectivity index (χ3v) is 4.63.